The predicted octanol–water partition coefficient (Wildman–Crippen LogP) is 3.73. The minimum atomic E-state index is 0. The Morgan fingerprint density at radius 2 is 1.90 bits per heavy atom. The molecule has 3 rings (SSSR count). The first-order valence-corrected chi connectivity index (χ1v) is 10.8. The lowest BCUT2D eigenvalue weighted by atomic mass is 9.80. The molecule has 2 fully saturated rings. The molecule has 30 heavy (non-hydrogen) atoms. The van der Waals surface area contributed by atoms with Crippen LogP contribution in [-0.2, 0) is 4.74 Å². The maximum absolute atomic E-state index is 5.69. The monoisotopic (exact) mass is 532 g/mol. The van der Waals surface area contributed by atoms with Gasteiger partial charge in [-0.25, -0.2) is 0 Å². The fourth-order valence-electron chi connectivity index (χ4n) is 4.44. The summed E-state index contributed by atoms with van der Waals surface area (Å²) in [6, 6.07) is 5.84. The van der Waals surface area contributed by atoms with Crippen LogP contribution in [0, 0.1) is 0 Å². The SMILES string of the molecule is CCOc1cc(NC(=NC)NCC2(N3CCOCC3)CCCCC2)ccc1OC.I. The number of methoxy groups -OCH3 is 1. The molecule has 1 aromatic carbocycles. The molecule has 0 bridgehead atoms. The molecule has 0 unspecified atom stereocenters. The van der Waals surface area contributed by atoms with Crippen LogP contribution in [-0.4, -0.2) is 70.0 Å². The Kier molecular flexibility index (Phi) is 10.5. The summed E-state index contributed by atoms with van der Waals surface area (Å²) in [5, 5.41) is 6.99. The second kappa shape index (κ2) is 12.6. The summed E-state index contributed by atoms with van der Waals surface area (Å²) in [7, 11) is 3.46. The standard InChI is InChI=1S/C22H36N4O3.HI/c1-4-29-20-16-18(8-9-19(20)27-3)25-21(23-2)24-17-22(10-6-5-7-11-22)26-12-14-28-15-13-26;/h8-9,16H,4-7,10-15,17H2,1-3H3,(H2,23,24,25);1H. The number of benzene rings is 1. The molecule has 0 amide bonds. The van der Waals surface area contributed by atoms with Crippen LogP contribution in [0.15, 0.2) is 23.2 Å². The van der Waals surface area contributed by atoms with Crippen molar-refractivity contribution < 1.29 is 14.2 Å². The number of hydrogen-bond acceptors (Lipinski definition) is 5. The zero-order valence-electron chi connectivity index (χ0n) is 18.5. The normalized spacial score (nSPS) is 19.5. The van der Waals surface area contributed by atoms with Crippen molar-refractivity contribution in [3.63, 3.8) is 0 Å². The highest BCUT2D eigenvalue weighted by Crippen LogP contribution is 2.34. The van der Waals surface area contributed by atoms with Gasteiger partial charge >= 0.3 is 0 Å². The lowest BCUT2D eigenvalue weighted by Gasteiger charge is -2.48. The molecule has 0 aromatic heterocycles. The number of morpholine rings is 1. The Balaban J connectivity index is 0.00000320. The Morgan fingerprint density at radius 1 is 1.17 bits per heavy atom. The van der Waals surface area contributed by atoms with Crippen molar-refractivity contribution in [2.75, 3.05) is 58.9 Å². The average molecular weight is 532 g/mol. The lowest BCUT2D eigenvalue weighted by molar-refractivity contribution is -0.0352. The topological polar surface area (TPSA) is 67.4 Å². The van der Waals surface area contributed by atoms with E-state index in [9.17, 15) is 0 Å². The zero-order valence-corrected chi connectivity index (χ0v) is 20.9. The van der Waals surface area contributed by atoms with Gasteiger partial charge in [-0.1, -0.05) is 19.3 Å². The highest BCUT2D eigenvalue weighted by Gasteiger charge is 2.38. The van der Waals surface area contributed by atoms with Gasteiger partial charge in [-0.3, -0.25) is 9.89 Å². The molecule has 0 spiro atoms. The van der Waals surface area contributed by atoms with E-state index in [0.29, 0.717) is 6.61 Å². The van der Waals surface area contributed by atoms with Gasteiger partial charge in [0.2, 0.25) is 0 Å². The van der Waals surface area contributed by atoms with E-state index in [-0.39, 0.29) is 29.5 Å². The third-order valence-electron chi connectivity index (χ3n) is 6.00. The molecule has 0 radical (unpaired) electrons. The highest BCUT2D eigenvalue weighted by atomic mass is 127. The highest BCUT2D eigenvalue weighted by molar-refractivity contribution is 14.0. The molecule has 170 valence electrons. The van der Waals surface area contributed by atoms with E-state index in [1.54, 1.807) is 7.11 Å². The van der Waals surface area contributed by atoms with Gasteiger partial charge in [0.25, 0.3) is 0 Å². The molecule has 1 saturated carbocycles. The average Bonchev–Trinajstić information content (AvgIpc) is 2.78. The van der Waals surface area contributed by atoms with Crippen molar-refractivity contribution in [1.29, 1.82) is 0 Å². The summed E-state index contributed by atoms with van der Waals surface area (Å²) in [5.41, 5.74) is 1.11. The van der Waals surface area contributed by atoms with Crippen molar-refractivity contribution in [3.05, 3.63) is 18.2 Å². The minimum absolute atomic E-state index is 0. The summed E-state index contributed by atoms with van der Waals surface area (Å²) in [5.74, 6) is 2.23. The number of hydrogen-bond donors (Lipinski definition) is 2. The van der Waals surface area contributed by atoms with Crippen molar-refractivity contribution >= 4 is 35.6 Å². The van der Waals surface area contributed by atoms with Gasteiger partial charge in [0.1, 0.15) is 0 Å². The molecule has 2 aliphatic rings. The van der Waals surface area contributed by atoms with Gasteiger partial charge in [0.15, 0.2) is 17.5 Å². The second-order valence-corrected chi connectivity index (χ2v) is 7.73. The summed E-state index contributed by atoms with van der Waals surface area (Å²) in [6.07, 6.45) is 6.38. The van der Waals surface area contributed by atoms with Gasteiger partial charge in [0, 0.05) is 44.0 Å². The molecule has 1 saturated heterocycles. The van der Waals surface area contributed by atoms with E-state index >= 15 is 0 Å². The molecule has 1 aromatic rings. The summed E-state index contributed by atoms with van der Waals surface area (Å²) in [4.78, 5) is 7.08. The first-order chi connectivity index (χ1) is 14.2. The van der Waals surface area contributed by atoms with Crippen LogP contribution >= 0.6 is 24.0 Å². The number of aliphatic imine (C=N–C) groups is 1. The number of ether oxygens (including phenoxy) is 3. The molecule has 7 nitrogen and oxygen atoms in total. The number of rotatable bonds is 7. The molecule has 1 aliphatic heterocycles. The van der Waals surface area contributed by atoms with Gasteiger partial charge in [-0.15, -0.1) is 24.0 Å². The maximum Gasteiger partial charge on any atom is 0.195 e. The van der Waals surface area contributed by atoms with E-state index in [1.165, 1.54) is 32.1 Å². The fraction of sp³-hybridized carbons (Fsp3) is 0.682. The molecule has 8 heteroatoms. The van der Waals surface area contributed by atoms with Crippen molar-refractivity contribution in [2.45, 2.75) is 44.6 Å². The Labute approximate surface area is 197 Å². The van der Waals surface area contributed by atoms with E-state index in [0.717, 1.165) is 56.0 Å². The first-order valence-electron chi connectivity index (χ1n) is 10.8. The minimum Gasteiger partial charge on any atom is -0.493 e. The van der Waals surface area contributed by atoms with Gasteiger partial charge in [-0.2, -0.15) is 0 Å². The van der Waals surface area contributed by atoms with Crippen molar-refractivity contribution in [2.24, 2.45) is 4.99 Å². The van der Waals surface area contributed by atoms with Crippen LogP contribution in [0.25, 0.3) is 0 Å². The third-order valence-corrected chi connectivity index (χ3v) is 6.00. The van der Waals surface area contributed by atoms with E-state index < -0.39 is 0 Å². The van der Waals surface area contributed by atoms with Crippen molar-refractivity contribution in [3.8, 4) is 11.5 Å². The summed E-state index contributed by atoms with van der Waals surface area (Å²) < 4.78 is 16.7. The maximum atomic E-state index is 5.69. The molecule has 1 heterocycles. The Bertz CT molecular complexity index is 674. The molecular weight excluding hydrogens is 495 g/mol. The van der Waals surface area contributed by atoms with Gasteiger partial charge in [-0.05, 0) is 31.9 Å². The van der Waals surface area contributed by atoms with Crippen LogP contribution < -0.4 is 20.1 Å². The summed E-state index contributed by atoms with van der Waals surface area (Å²) >= 11 is 0. The number of nitrogens with one attached hydrogen (secondary N) is 2. The second-order valence-electron chi connectivity index (χ2n) is 7.73. The third kappa shape index (κ3) is 6.37. The Morgan fingerprint density at radius 3 is 2.53 bits per heavy atom. The fourth-order valence-corrected chi connectivity index (χ4v) is 4.44. The quantitative estimate of drug-likeness (QED) is 0.317. The van der Waals surface area contributed by atoms with Crippen LogP contribution in [0.3, 0.4) is 0 Å². The van der Waals surface area contributed by atoms with Crippen LogP contribution in [0.4, 0.5) is 5.69 Å². The molecule has 1 aliphatic carbocycles. The largest absolute Gasteiger partial charge is 0.493 e. The van der Waals surface area contributed by atoms with Crippen LogP contribution in [0.5, 0.6) is 11.5 Å². The number of halogens is 1. The lowest BCUT2D eigenvalue weighted by Crippen LogP contribution is -2.60. The number of guanidine groups is 1. The van der Waals surface area contributed by atoms with E-state index in [1.807, 2.05) is 32.2 Å². The molecular formula is C22H37IN4O3. The molecule has 2 N–H and O–H groups in total. The summed E-state index contributed by atoms with van der Waals surface area (Å²) in [6.45, 7) is 7.15. The van der Waals surface area contributed by atoms with Crippen molar-refractivity contribution in [1.82, 2.24) is 10.2 Å². The van der Waals surface area contributed by atoms with Gasteiger partial charge < -0.3 is 24.8 Å². The zero-order chi connectivity index (χ0) is 20.5. The van der Waals surface area contributed by atoms with Crippen LogP contribution in [0.2, 0.25) is 0 Å². The first kappa shape index (κ1) is 25.0. The molecule has 0 atom stereocenters. The number of nitrogens with zero attached hydrogens (tertiary/aromatic N) is 2. The van der Waals surface area contributed by atoms with Crippen LogP contribution in [0.1, 0.15) is 39.0 Å². The predicted molar refractivity (Wildman–Crippen MR) is 133 cm³/mol. The van der Waals surface area contributed by atoms with Gasteiger partial charge in [0.05, 0.1) is 26.9 Å². The van der Waals surface area contributed by atoms with E-state index in [4.69, 9.17) is 14.2 Å². The van der Waals surface area contributed by atoms with E-state index in [2.05, 4.69) is 20.5 Å². The number of anilines is 1. The Hall–Kier alpha value is -1.26. The smallest absolute Gasteiger partial charge is 0.195 e.